The van der Waals surface area contributed by atoms with Gasteiger partial charge in [0.05, 0.1) is 10.8 Å². The molecular formula is C10H12BrN5. The molecule has 0 aromatic carbocycles. The third kappa shape index (κ3) is 2.79. The molecule has 0 aliphatic heterocycles. The number of hydrogen-bond acceptors (Lipinski definition) is 4. The van der Waals surface area contributed by atoms with Crippen LogP contribution in [-0.2, 0) is 6.54 Å². The monoisotopic (exact) mass is 281 g/mol. The number of anilines is 1. The van der Waals surface area contributed by atoms with Crippen LogP contribution in [0.15, 0.2) is 35.7 Å². The summed E-state index contributed by atoms with van der Waals surface area (Å²) in [5.41, 5.74) is 0. The summed E-state index contributed by atoms with van der Waals surface area (Å²) in [6.07, 6.45) is 8.75. The first-order valence-corrected chi connectivity index (χ1v) is 5.73. The minimum atomic E-state index is 0.264. The van der Waals surface area contributed by atoms with Gasteiger partial charge >= 0.3 is 0 Å². The van der Waals surface area contributed by atoms with Crippen LogP contribution in [0.25, 0.3) is 0 Å². The van der Waals surface area contributed by atoms with E-state index in [2.05, 4.69) is 43.1 Å². The molecule has 5 nitrogen and oxygen atoms in total. The molecule has 2 aromatic rings. The van der Waals surface area contributed by atoms with E-state index in [1.165, 1.54) is 6.33 Å². The zero-order chi connectivity index (χ0) is 11.4. The Labute approximate surface area is 102 Å². The van der Waals surface area contributed by atoms with Gasteiger partial charge in [0.1, 0.15) is 12.1 Å². The van der Waals surface area contributed by atoms with Crippen LogP contribution in [0.2, 0.25) is 0 Å². The third-order valence-corrected chi connectivity index (χ3v) is 2.67. The molecule has 0 saturated heterocycles. The van der Waals surface area contributed by atoms with Gasteiger partial charge in [-0.1, -0.05) is 0 Å². The van der Waals surface area contributed by atoms with Crippen LogP contribution in [0, 0.1) is 0 Å². The van der Waals surface area contributed by atoms with Gasteiger partial charge in [-0.3, -0.25) is 0 Å². The molecule has 1 N–H and O–H groups in total. The Morgan fingerprint density at radius 1 is 1.50 bits per heavy atom. The first-order chi connectivity index (χ1) is 7.75. The number of rotatable bonds is 4. The Kier molecular flexibility index (Phi) is 3.51. The van der Waals surface area contributed by atoms with Crippen LogP contribution in [0.1, 0.15) is 6.92 Å². The van der Waals surface area contributed by atoms with Crippen molar-refractivity contribution in [1.82, 2.24) is 19.5 Å². The summed E-state index contributed by atoms with van der Waals surface area (Å²) in [5.74, 6) is 0.808. The van der Waals surface area contributed by atoms with Crippen molar-refractivity contribution in [3.8, 4) is 0 Å². The van der Waals surface area contributed by atoms with E-state index in [-0.39, 0.29) is 6.04 Å². The number of halogens is 1. The maximum absolute atomic E-state index is 4.15. The average molecular weight is 282 g/mol. The van der Waals surface area contributed by atoms with Gasteiger partial charge in [-0.05, 0) is 22.9 Å². The van der Waals surface area contributed by atoms with E-state index < -0.39 is 0 Å². The molecule has 16 heavy (non-hydrogen) atoms. The molecule has 6 heteroatoms. The molecule has 2 rings (SSSR count). The minimum absolute atomic E-state index is 0.264. The smallest absolute Gasteiger partial charge is 0.144 e. The fraction of sp³-hybridized carbons (Fsp3) is 0.300. The predicted octanol–water partition coefficient (Wildman–Crippen LogP) is 1.94. The second kappa shape index (κ2) is 5.07. The molecule has 0 saturated carbocycles. The minimum Gasteiger partial charge on any atom is -0.365 e. The number of imidazole rings is 1. The molecule has 0 aliphatic carbocycles. The van der Waals surface area contributed by atoms with Gasteiger partial charge in [0.15, 0.2) is 0 Å². The topological polar surface area (TPSA) is 55.6 Å². The molecule has 1 atom stereocenters. The summed E-state index contributed by atoms with van der Waals surface area (Å²) >= 11 is 3.40. The number of aromatic nitrogens is 4. The summed E-state index contributed by atoms with van der Waals surface area (Å²) in [4.78, 5) is 12.1. The Balaban J connectivity index is 1.97. The molecule has 1 unspecified atom stereocenters. The van der Waals surface area contributed by atoms with E-state index >= 15 is 0 Å². The van der Waals surface area contributed by atoms with Gasteiger partial charge in [0, 0.05) is 31.2 Å². The zero-order valence-electron chi connectivity index (χ0n) is 8.84. The number of hydrogen-bond donors (Lipinski definition) is 1. The fourth-order valence-corrected chi connectivity index (χ4v) is 1.74. The van der Waals surface area contributed by atoms with E-state index in [0.29, 0.717) is 0 Å². The van der Waals surface area contributed by atoms with E-state index in [4.69, 9.17) is 0 Å². The predicted molar refractivity (Wildman–Crippen MR) is 65.0 cm³/mol. The van der Waals surface area contributed by atoms with Crippen molar-refractivity contribution in [2.45, 2.75) is 19.5 Å². The highest BCUT2D eigenvalue weighted by Gasteiger charge is 2.06. The van der Waals surface area contributed by atoms with E-state index in [1.54, 1.807) is 18.7 Å². The quantitative estimate of drug-likeness (QED) is 0.931. The van der Waals surface area contributed by atoms with Gasteiger partial charge < -0.3 is 9.88 Å². The van der Waals surface area contributed by atoms with Gasteiger partial charge in [0.2, 0.25) is 0 Å². The second-order valence-electron chi connectivity index (χ2n) is 3.52. The lowest BCUT2D eigenvalue weighted by atomic mass is 10.3. The summed E-state index contributed by atoms with van der Waals surface area (Å²) in [5, 5.41) is 3.30. The average Bonchev–Trinajstić information content (AvgIpc) is 2.74. The first-order valence-electron chi connectivity index (χ1n) is 4.93. The van der Waals surface area contributed by atoms with Gasteiger partial charge in [-0.2, -0.15) is 0 Å². The van der Waals surface area contributed by atoms with E-state index in [1.807, 2.05) is 10.8 Å². The highest BCUT2D eigenvalue weighted by Crippen LogP contribution is 2.17. The lowest BCUT2D eigenvalue weighted by Gasteiger charge is -2.15. The number of nitrogens with zero attached hydrogens (tertiary/aromatic N) is 4. The maximum Gasteiger partial charge on any atom is 0.144 e. The van der Waals surface area contributed by atoms with Crippen molar-refractivity contribution >= 4 is 21.7 Å². The second-order valence-corrected chi connectivity index (χ2v) is 4.38. The molecule has 0 spiro atoms. The van der Waals surface area contributed by atoms with Crippen molar-refractivity contribution in [2.24, 2.45) is 0 Å². The lowest BCUT2D eigenvalue weighted by Crippen LogP contribution is -2.22. The van der Waals surface area contributed by atoms with Crippen LogP contribution < -0.4 is 5.32 Å². The normalized spacial score (nSPS) is 12.4. The molecular weight excluding hydrogens is 270 g/mol. The van der Waals surface area contributed by atoms with Crippen molar-refractivity contribution in [2.75, 3.05) is 5.32 Å². The molecule has 0 radical (unpaired) electrons. The van der Waals surface area contributed by atoms with Gasteiger partial charge in [-0.15, -0.1) is 0 Å². The summed E-state index contributed by atoms with van der Waals surface area (Å²) < 4.78 is 2.89. The largest absolute Gasteiger partial charge is 0.365 e. The Hall–Kier alpha value is -1.43. The molecule has 0 amide bonds. The number of nitrogens with one attached hydrogen (secondary N) is 1. The SMILES string of the molecule is CC(Cn1ccnc1)Nc1ncncc1Br. The van der Waals surface area contributed by atoms with Crippen molar-refractivity contribution in [1.29, 1.82) is 0 Å². The fourth-order valence-electron chi connectivity index (χ4n) is 1.41. The molecule has 2 heterocycles. The molecule has 0 aliphatic rings. The van der Waals surface area contributed by atoms with Crippen molar-refractivity contribution < 1.29 is 0 Å². The van der Waals surface area contributed by atoms with Crippen molar-refractivity contribution in [3.05, 3.63) is 35.7 Å². The Morgan fingerprint density at radius 2 is 2.38 bits per heavy atom. The molecule has 84 valence electrons. The zero-order valence-corrected chi connectivity index (χ0v) is 10.4. The Morgan fingerprint density at radius 3 is 3.06 bits per heavy atom. The van der Waals surface area contributed by atoms with Crippen molar-refractivity contribution in [3.63, 3.8) is 0 Å². The standard InChI is InChI=1S/C10H12BrN5/c1-8(5-16-3-2-12-7-16)15-10-9(11)4-13-6-14-10/h2-4,6-8H,5H2,1H3,(H,13,14,15). The van der Waals surface area contributed by atoms with Crippen LogP contribution in [-0.4, -0.2) is 25.6 Å². The van der Waals surface area contributed by atoms with Gasteiger partial charge in [0.25, 0.3) is 0 Å². The van der Waals surface area contributed by atoms with Crippen LogP contribution in [0.3, 0.4) is 0 Å². The Bertz CT molecular complexity index is 442. The van der Waals surface area contributed by atoms with E-state index in [9.17, 15) is 0 Å². The molecule has 0 bridgehead atoms. The molecule has 2 aromatic heterocycles. The van der Waals surface area contributed by atoms with Gasteiger partial charge in [-0.25, -0.2) is 15.0 Å². The van der Waals surface area contributed by atoms with E-state index in [0.717, 1.165) is 16.8 Å². The maximum atomic E-state index is 4.15. The lowest BCUT2D eigenvalue weighted by molar-refractivity contribution is 0.616. The van der Waals surface area contributed by atoms with Crippen LogP contribution in [0.4, 0.5) is 5.82 Å². The summed E-state index contributed by atoms with van der Waals surface area (Å²) in [6.45, 7) is 2.94. The summed E-state index contributed by atoms with van der Waals surface area (Å²) in [6, 6.07) is 0.264. The van der Waals surface area contributed by atoms with Crippen LogP contribution in [0.5, 0.6) is 0 Å². The highest BCUT2D eigenvalue weighted by atomic mass is 79.9. The molecule has 0 fully saturated rings. The first kappa shape index (κ1) is 11.1. The third-order valence-electron chi connectivity index (χ3n) is 2.09. The van der Waals surface area contributed by atoms with Crippen LogP contribution >= 0.6 is 15.9 Å². The summed E-state index contributed by atoms with van der Waals surface area (Å²) in [7, 11) is 0. The highest BCUT2D eigenvalue weighted by molar-refractivity contribution is 9.10.